The Bertz CT molecular complexity index is 281. The molecule has 0 aromatic heterocycles. The van der Waals surface area contributed by atoms with Gasteiger partial charge in [-0.05, 0) is 40.0 Å². The van der Waals surface area contributed by atoms with Crippen molar-refractivity contribution in [3.8, 4) is 0 Å². The maximum atomic E-state index is 12.3. The van der Waals surface area contributed by atoms with Crippen LogP contribution in [-0.2, 0) is 14.3 Å². The molecule has 1 heterocycles. The minimum atomic E-state index is -0.340. The fraction of sp³-hybridized carbons (Fsp3) is 0.929. The van der Waals surface area contributed by atoms with E-state index in [-0.39, 0.29) is 23.0 Å². The van der Waals surface area contributed by atoms with E-state index >= 15 is 0 Å². The number of ether oxygens (including phenoxy) is 2. The monoisotopic (exact) mass is 242 g/mol. The van der Waals surface area contributed by atoms with E-state index in [0.717, 1.165) is 6.42 Å². The molecule has 0 bridgehead atoms. The molecule has 1 aliphatic rings. The van der Waals surface area contributed by atoms with Crippen molar-refractivity contribution in [2.75, 3.05) is 13.7 Å². The lowest BCUT2D eigenvalue weighted by Crippen LogP contribution is -2.34. The SMILES string of the molecule is COCC(C)CC(=O)C1CC(C)(C)OC1(C)C. The third-order valence-electron chi connectivity index (χ3n) is 3.46. The topological polar surface area (TPSA) is 35.5 Å². The van der Waals surface area contributed by atoms with Gasteiger partial charge >= 0.3 is 0 Å². The molecule has 2 atom stereocenters. The minimum Gasteiger partial charge on any atom is -0.384 e. The van der Waals surface area contributed by atoms with Crippen LogP contribution >= 0.6 is 0 Å². The molecule has 100 valence electrons. The Morgan fingerprint density at radius 1 is 1.41 bits per heavy atom. The summed E-state index contributed by atoms with van der Waals surface area (Å²) in [6, 6.07) is 0. The first-order valence-electron chi connectivity index (χ1n) is 6.40. The maximum Gasteiger partial charge on any atom is 0.139 e. The van der Waals surface area contributed by atoms with E-state index in [1.165, 1.54) is 0 Å². The second-order valence-corrected chi connectivity index (χ2v) is 6.45. The summed E-state index contributed by atoms with van der Waals surface area (Å²) in [4.78, 5) is 12.3. The number of hydrogen-bond donors (Lipinski definition) is 0. The fourth-order valence-corrected chi connectivity index (χ4v) is 2.89. The quantitative estimate of drug-likeness (QED) is 0.743. The number of hydrogen-bond acceptors (Lipinski definition) is 3. The fourth-order valence-electron chi connectivity index (χ4n) is 2.89. The van der Waals surface area contributed by atoms with Crippen molar-refractivity contribution in [1.82, 2.24) is 0 Å². The van der Waals surface area contributed by atoms with Gasteiger partial charge in [0.05, 0.1) is 11.2 Å². The molecule has 0 aromatic carbocycles. The van der Waals surface area contributed by atoms with Crippen LogP contribution in [0.15, 0.2) is 0 Å². The standard InChI is InChI=1S/C14H26O3/c1-10(9-16-6)7-12(15)11-8-13(2,3)17-14(11,4)5/h10-11H,7-9H2,1-6H3. The smallest absolute Gasteiger partial charge is 0.139 e. The van der Waals surface area contributed by atoms with Crippen LogP contribution in [0.3, 0.4) is 0 Å². The number of methoxy groups -OCH3 is 1. The Morgan fingerprint density at radius 3 is 2.41 bits per heavy atom. The van der Waals surface area contributed by atoms with Crippen LogP contribution in [0.5, 0.6) is 0 Å². The van der Waals surface area contributed by atoms with Gasteiger partial charge in [0.2, 0.25) is 0 Å². The largest absolute Gasteiger partial charge is 0.384 e. The highest BCUT2D eigenvalue weighted by Gasteiger charge is 2.48. The lowest BCUT2D eigenvalue weighted by atomic mass is 9.81. The van der Waals surface area contributed by atoms with E-state index in [4.69, 9.17) is 9.47 Å². The van der Waals surface area contributed by atoms with Crippen molar-refractivity contribution in [2.45, 2.75) is 58.7 Å². The summed E-state index contributed by atoms with van der Waals surface area (Å²) < 4.78 is 11.0. The molecule has 1 fully saturated rings. The highest BCUT2D eigenvalue weighted by atomic mass is 16.5. The summed E-state index contributed by atoms with van der Waals surface area (Å²) in [5, 5.41) is 0. The number of ketones is 1. The molecule has 0 radical (unpaired) electrons. The summed E-state index contributed by atoms with van der Waals surface area (Å²) in [5.74, 6) is 0.606. The molecule has 0 saturated carbocycles. The zero-order valence-corrected chi connectivity index (χ0v) is 12.0. The highest BCUT2D eigenvalue weighted by Crippen LogP contribution is 2.43. The number of rotatable bonds is 5. The minimum absolute atomic E-state index is 0.0109. The molecule has 0 spiro atoms. The normalized spacial score (nSPS) is 28.0. The molecule has 1 saturated heterocycles. The van der Waals surface area contributed by atoms with E-state index in [1.54, 1.807) is 7.11 Å². The first-order chi connectivity index (χ1) is 7.68. The van der Waals surface area contributed by atoms with Gasteiger partial charge < -0.3 is 9.47 Å². The van der Waals surface area contributed by atoms with Crippen molar-refractivity contribution >= 4 is 5.78 Å². The van der Waals surface area contributed by atoms with E-state index < -0.39 is 0 Å². The average molecular weight is 242 g/mol. The van der Waals surface area contributed by atoms with Crippen LogP contribution < -0.4 is 0 Å². The maximum absolute atomic E-state index is 12.3. The van der Waals surface area contributed by atoms with Crippen LogP contribution in [0.1, 0.15) is 47.5 Å². The molecule has 3 nitrogen and oxygen atoms in total. The van der Waals surface area contributed by atoms with Crippen molar-refractivity contribution in [1.29, 1.82) is 0 Å². The first-order valence-corrected chi connectivity index (χ1v) is 6.40. The van der Waals surface area contributed by atoms with Gasteiger partial charge in [-0.3, -0.25) is 4.79 Å². The average Bonchev–Trinajstić information content (AvgIpc) is 2.34. The van der Waals surface area contributed by atoms with Crippen LogP contribution in [0.2, 0.25) is 0 Å². The van der Waals surface area contributed by atoms with E-state index in [1.807, 2.05) is 13.8 Å². The Labute approximate surface area is 105 Å². The molecule has 0 N–H and O–H groups in total. The van der Waals surface area contributed by atoms with E-state index in [0.29, 0.717) is 18.8 Å². The number of carbonyl (C=O) groups excluding carboxylic acids is 1. The molecule has 1 rings (SSSR count). The Morgan fingerprint density at radius 2 is 2.00 bits per heavy atom. The molecule has 2 unspecified atom stereocenters. The second-order valence-electron chi connectivity index (χ2n) is 6.45. The van der Waals surface area contributed by atoms with Crippen LogP contribution in [-0.4, -0.2) is 30.7 Å². The third kappa shape index (κ3) is 3.78. The van der Waals surface area contributed by atoms with Gasteiger partial charge in [0.25, 0.3) is 0 Å². The molecule has 3 heteroatoms. The van der Waals surface area contributed by atoms with Gasteiger partial charge in [-0.1, -0.05) is 6.92 Å². The third-order valence-corrected chi connectivity index (χ3v) is 3.46. The van der Waals surface area contributed by atoms with Crippen LogP contribution in [0, 0.1) is 11.8 Å². The van der Waals surface area contributed by atoms with Crippen molar-refractivity contribution in [3.05, 3.63) is 0 Å². The number of carbonyl (C=O) groups is 1. The second kappa shape index (κ2) is 5.07. The molecule has 17 heavy (non-hydrogen) atoms. The van der Waals surface area contributed by atoms with Gasteiger partial charge in [0.1, 0.15) is 5.78 Å². The summed E-state index contributed by atoms with van der Waals surface area (Å²) >= 11 is 0. The summed E-state index contributed by atoms with van der Waals surface area (Å²) in [7, 11) is 1.67. The molecule has 1 aliphatic heterocycles. The van der Waals surface area contributed by atoms with Crippen LogP contribution in [0.4, 0.5) is 0 Å². The Balaban J connectivity index is 2.63. The summed E-state index contributed by atoms with van der Waals surface area (Å²) in [5.41, 5.74) is -0.526. The number of Topliss-reactive ketones (excluding diaryl/α,β-unsaturated/α-hetero) is 1. The molecule has 0 aromatic rings. The van der Waals surface area contributed by atoms with Gasteiger partial charge in [-0.2, -0.15) is 0 Å². The zero-order chi connectivity index (χ0) is 13.3. The van der Waals surface area contributed by atoms with Gasteiger partial charge in [0.15, 0.2) is 0 Å². The Hall–Kier alpha value is -0.410. The first kappa shape index (κ1) is 14.7. The van der Waals surface area contributed by atoms with Crippen molar-refractivity contribution < 1.29 is 14.3 Å². The molecule has 0 amide bonds. The van der Waals surface area contributed by atoms with Crippen LogP contribution in [0.25, 0.3) is 0 Å². The molecular formula is C14H26O3. The lowest BCUT2D eigenvalue weighted by Gasteiger charge is -2.27. The lowest BCUT2D eigenvalue weighted by molar-refractivity contribution is -0.130. The van der Waals surface area contributed by atoms with Crippen molar-refractivity contribution in [3.63, 3.8) is 0 Å². The van der Waals surface area contributed by atoms with Gasteiger partial charge in [0, 0.05) is 26.1 Å². The predicted octanol–water partition coefficient (Wildman–Crippen LogP) is 2.82. The van der Waals surface area contributed by atoms with Gasteiger partial charge in [-0.15, -0.1) is 0 Å². The van der Waals surface area contributed by atoms with E-state index in [9.17, 15) is 4.79 Å². The zero-order valence-electron chi connectivity index (χ0n) is 12.0. The van der Waals surface area contributed by atoms with Crippen molar-refractivity contribution in [2.24, 2.45) is 11.8 Å². The van der Waals surface area contributed by atoms with Gasteiger partial charge in [-0.25, -0.2) is 0 Å². The summed E-state index contributed by atoms with van der Waals surface area (Å²) in [6.45, 7) is 10.8. The molecule has 0 aliphatic carbocycles. The molecular weight excluding hydrogens is 216 g/mol. The predicted molar refractivity (Wildman–Crippen MR) is 68.0 cm³/mol. The Kier molecular flexibility index (Phi) is 4.37. The summed E-state index contributed by atoms with van der Waals surface area (Å²) in [6.07, 6.45) is 1.40. The van der Waals surface area contributed by atoms with E-state index in [2.05, 4.69) is 20.8 Å². The highest BCUT2D eigenvalue weighted by molar-refractivity contribution is 5.82.